The molecule has 0 aromatic heterocycles. The molecule has 0 aromatic carbocycles. The van der Waals surface area contributed by atoms with E-state index >= 15 is 0 Å². The summed E-state index contributed by atoms with van der Waals surface area (Å²) >= 11 is 5.61. The Morgan fingerprint density at radius 1 is 1.21 bits per heavy atom. The number of hydrogen-bond acceptors (Lipinski definition) is 5. The van der Waals surface area contributed by atoms with Crippen LogP contribution in [0.2, 0.25) is 18.1 Å². The van der Waals surface area contributed by atoms with Gasteiger partial charge in [-0.2, -0.15) is 0 Å². The Labute approximate surface area is 152 Å². The molecular formula is C17H33ClO5Si. The fraction of sp³-hybridized carbons (Fsp3) is 0.882. The Bertz CT molecular complexity index is 420. The molecule has 0 aromatic rings. The van der Waals surface area contributed by atoms with E-state index < -0.39 is 32.4 Å². The SMILES string of the molecule is CCC(=O)[C@@H](C)[C@H](OC)[C@@H](O[Si](C)(C)C(C)(C)C)C(=O)OCCCl. The van der Waals surface area contributed by atoms with E-state index in [-0.39, 0.29) is 23.3 Å². The number of carbonyl (C=O) groups excluding carboxylic acids is 2. The van der Waals surface area contributed by atoms with Crippen LogP contribution < -0.4 is 0 Å². The molecule has 0 saturated carbocycles. The summed E-state index contributed by atoms with van der Waals surface area (Å²) in [6.45, 7) is 14.0. The molecule has 0 saturated heterocycles. The van der Waals surface area contributed by atoms with Crippen molar-refractivity contribution in [2.75, 3.05) is 19.6 Å². The molecule has 0 unspecified atom stereocenters. The maximum absolute atomic E-state index is 12.5. The second-order valence-electron chi connectivity index (χ2n) is 7.46. The molecule has 3 atom stereocenters. The van der Waals surface area contributed by atoms with Crippen molar-refractivity contribution in [1.29, 1.82) is 0 Å². The highest BCUT2D eigenvalue weighted by molar-refractivity contribution is 6.74. The van der Waals surface area contributed by atoms with Crippen LogP contribution in [-0.2, 0) is 23.5 Å². The quantitative estimate of drug-likeness (QED) is 0.328. The van der Waals surface area contributed by atoms with E-state index in [2.05, 4.69) is 20.8 Å². The third-order valence-corrected chi connectivity index (χ3v) is 9.31. The summed E-state index contributed by atoms with van der Waals surface area (Å²) in [6, 6.07) is 0. The average molecular weight is 381 g/mol. The third kappa shape index (κ3) is 6.46. The van der Waals surface area contributed by atoms with E-state index in [4.69, 9.17) is 25.5 Å². The monoisotopic (exact) mass is 380 g/mol. The summed E-state index contributed by atoms with van der Waals surface area (Å²) in [5, 5.41) is -0.0890. The van der Waals surface area contributed by atoms with Gasteiger partial charge in [0, 0.05) is 19.4 Å². The van der Waals surface area contributed by atoms with Gasteiger partial charge in [0.05, 0.1) is 5.88 Å². The number of esters is 1. The second kappa shape index (κ2) is 9.90. The van der Waals surface area contributed by atoms with Crippen LogP contribution in [0.3, 0.4) is 0 Å². The van der Waals surface area contributed by atoms with Gasteiger partial charge in [0.2, 0.25) is 0 Å². The van der Waals surface area contributed by atoms with Crippen LogP contribution in [0.25, 0.3) is 0 Å². The molecule has 0 aliphatic rings. The van der Waals surface area contributed by atoms with Crippen LogP contribution >= 0.6 is 11.6 Å². The van der Waals surface area contributed by atoms with Gasteiger partial charge in [-0.3, -0.25) is 4.79 Å². The minimum atomic E-state index is -2.26. The standard InChI is InChI=1S/C17H33ClO5Si/c1-9-13(19)12(2)14(21-6)15(16(20)22-11-10-18)23-24(7,8)17(3,4)5/h12,14-15H,9-11H2,1-8H3/t12-,14+,15-/m1/s1. The summed E-state index contributed by atoms with van der Waals surface area (Å²) in [7, 11) is -0.778. The van der Waals surface area contributed by atoms with E-state index in [0.29, 0.717) is 6.42 Å². The van der Waals surface area contributed by atoms with Gasteiger partial charge in [-0.15, -0.1) is 11.6 Å². The number of carbonyl (C=O) groups is 2. The first-order valence-electron chi connectivity index (χ1n) is 8.38. The molecule has 0 aliphatic carbocycles. The van der Waals surface area contributed by atoms with Gasteiger partial charge in [-0.05, 0) is 18.1 Å². The van der Waals surface area contributed by atoms with Gasteiger partial charge in [0.15, 0.2) is 14.4 Å². The van der Waals surface area contributed by atoms with Crippen LogP contribution in [-0.4, -0.2) is 51.9 Å². The fourth-order valence-electron chi connectivity index (χ4n) is 2.06. The first-order valence-corrected chi connectivity index (χ1v) is 11.8. The van der Waals surface area contributed by atoms with Crippen LogP contribution in [0.5, 0.6) is 0 Å². The number of alkyl halides is 1. The molecule has 0 amide bonds. The highest BCUT2D eigenvalue weighted by Gasteiger charge is 2.45. The summed E-state index contributed by atoms with van der Waals surface area (Å²) in [6.07, 6.45) is -1.25. The van der Waals surface area contributed by atoms with Crippen LogP contribution in [0.4, 0.5) is 0 Å². The van der Waals surface area contributed by atoms with Crippen molar-refractivity contribution in [2.24, 2.45) is 5.92 Å². The lowest BCUT2D eigenvalue weighted by atomic mass is 9.94. The second-order valence-corrected chi connectivity index (χ2v) is 12.6. The first-order chi connectivity index (χ1) is 10.9. The first kappa shape index (κ1) is 23.6. The minimum absolute atomic E-state index is 0.0239. The Balaban J connectivity index is 5.60. The maximum Gasteiger partial charge on any atom is 0.336 e. The number of rotatable bonds is 10. The van der Waals surface area contributed by atoms with Crippen molar-refractivity contribution < 1.29 is 23.5 Å². The van der Waals surface area contributed by atoms with Crippen molar-refractivity contribution in [3.05, 3.63) is 0 Å². The Hall–Kier alpha value is -0.433. The molecule has 0 bridgehead atoms. The zero-order valence-corrected chi connectivity index (χ0v) is 18.0. The maximum atomic E-state index is 12.5. The van der Waals surface area contributed by atoms with Gasteiger partial charge in [-0.1, -0.05) is 34.6 Å². The summed E-state index contributed by atoms with van der Waals surface area (Å²) < 4.78 is 17.0. The molecule has 5 nitrogen and oxygen atoms in total. The Morgan fingerprint density at radius 3 is 2.12 bits per heavy atom. The minimum Gasteiger partial charge on any atom is -0.462 e. The van der Waals surface area contributed by atoms with E-state index in [1.54, 1.807) is 13.8 Å². The topological polar surface area (TPSA) is 61.8 Å². The van der Waals surface area contributed by atoms with Crippen molar-refractivity contribution in [1.82, 2.24) is 0 Å². The number of ketones is 1. The molecule has 0 spiro atoms. The van der Waals surface area contributed by atoms with E-state index in [1.165, 1.54) is 7.11 Å². The van der Waals surface area contributed by atoms with Gasteiger partial charge >= 0.3 is 5.97 Å². The van der Waals surface area contributed by atoms with E-state index in [0.717, 1.165) is 0 Å². The zero-order valence-electron chi connectivity index (χ0n) is 16.3. The predicted molar refractivity (Wildman–Crippen MR) is 99.0 cm³/mol. The molecule has 0 rings (SSSR count). The average Bonchev–Trinajstić information content (AvgIpc) is 2.49. The highest BCUT2D eigenvalue weighted by atomic mass is 35.5. The van der Waals surface area contributed by atoms with E-state index in [9.17, 15) is 9.59 Å². The molecule has 0 fully saturated rings. The summed E-state index contributed by atoms with van der Waals surface area (Å²) in [4.78, 5) is 24.7. The zero-order chi connectivity index (χ0) is 19.1. The van der Waals surface area contributed by atoms with Gasteiger partial charge in [0.25, 0.3) is 0 Å². The van der Waals surface area contributed by atoms with Crippen molar-refractivity contribution in [3.63, 3.8) is 0 Å². The lowest BCUT2D eigenvalue weighted by Crippen LogP contribution is -2.53. The van der Waals surface area contributed by atoms with Crippen molar-refractivity contribution >= 4 is 31.7 Å². The van der Waals surface area contributed by atoms with Gasteiger partial charge in [-0.25, -0.2) is 4.79 Å². The fourth-order valence-corrected chi connectivity index (χ4v) is 3.36. The van der Waals surface area contributed by atoms with E-state index in [1.807, 2.05) is 13.1 Å². The van der Waals surface area contributed by atoms with Crippen molar-refractivity contribution in [3.8, 4) is 0 Å². The summed E-state index contributed by atoms with van der Waals surface area (Å²) in [5.74, 6) is -0.753. The Morgan fingerprint density at radius 2 is 1.75 bits per heavy atom. The molecule has 142 valence electrons. The molecule has 0 N–H and O–H groups in total. The van der Waals surface area contributed by atoms with Crippen LogP contribution in [0, 0.1) is 5.92 Å². The molecule has 0 aliphatic heterocycles. The van der Waals surface area contributed by atoms with Crippen LogP contribution in [0.15, 0.2) is 0 Å². The van der Waals surface area contributed by atoms with Crippen LogP contribution in [0.1, 0.15) is 41.0 Å². The Kier molecular flexibility index (Phi) is 9.72. The number of Topliss-reactive ketones (excluding diaryl/α,β-unsaturated/α-hetero) is 1. The highest BCUT2D eigenvalue weighted by Crippen LogP contribution is 2.38. The predicted octanol–water partition coefficient (Wildman–Crippen LogP) is 3.79. The van der Waals surface area contributed by atoms with Gasteiger partial charge < -0.3 is 13.9 Å². The third-order valence-electron chi connectivity index (χ3n) is 4.70. The largest absolute Gasteiger partial charge is 0.462 e. The lowest BCUT2D eigenvalue weighted by molar-refractivity contribution is -0.162. The smallest absolute Gasteiger partial charge is 0.336 e. The number of ether oxygens (including phenoxy) is 2. The van der Waals surface area contributed by atoms with Crippen molar-refractivity contribution in [2.45, 2.75) is 71.4 Å². The molecule has 0 radical (unpaired) electrons. The lowest BCUT2D eigenvalue weighted by Gasteiger charge is -2.41. The molecular weight excluding hydrogens is 348 g/mol. The molecule has 0 heterocycles. The normalized spacial score (nSPS) is 16.4. The number of methoxy groups -OCH3 is 1. The van der Waals surface area contributed by atoms with Gasteiger partial charge in [0.1, 0.15) is 18.5 Å². The summed E-state index contributed by atoms with van der Waals surface area (Å²) in [5.41, 5.74) is 0. The number of hydrogen-bond donors (Lipinski definition) is 0. The molecule has 7 heteroatoms. The molecule has 24 heavy (non-hydrogen) atoms. The number of halogens is 1.